The number of hydrogen-bond acceptors (Lipinski definition) is 7. The van der Waals surface area contributed by atoms with E-state index in [9.17, 15) is 29.8 Å². The van der Waals surface area contributed by atoms with Crippen molar-refractivity contribution >= 4 is 28.5 Å². The van der Waals surface area contributed by atoms with Crippen molar-refractivity contribution in [1.82, 2.24) is 14.6 Å². The topological polar surface area (TPSA) is 136 Å². The summed E-state index contributed by atoms with van der Waals surface area (Å²) in [7, 11) is 0. The van der Waals surface area contributed by atoms with Gasteiger partial charge in [0, 0.05) is 12.0 Å². The standard InChI is InChI=1S/C23H22N4O6/c1-22(2)21(31)26-16-10-6-4-8-14(16)23(32,20(26)27(22)33)11-17(19(29)30)25-12-24-15-9-5-3-7-13(15)18(25)28/h3-10,12,17,20,32-33H,11H2,1-2H3,(H,29,30)/t17-,20-,23-/m1/s1. The minimum Gasteiger partial charge on any atom is -0.480 e. The van der Waals surface area contributed by atoms with Gasteiger partial charge in [0.15, 0.2) is 0 Å². The van der Waals surface area contributed by atoms with Crippen LogP contribution in [0.5, 0.6) is 0 Å². The molecule has 5 rings (SSSR count). The Kier molecular flexibility index (Phi) is 4.47. The van der Waals surface area contributed by atoms with Crippen LogP contribution >= 0.6 is 0 Å². The van der Waals surface area contributed by atoms with Gasteiger partial charge in [-0.3, -0.25) is 19.1 Å². The molecule has 0 saturated carbocycles. The number of nitrogens with zero attached hydrogens (tertiary/aromatic N) is 4. The van der Waals surface area contributed by atoms with Crippen LogP contribution in [0.25, 0.3) is 10.9 Å². The Labute approximate surface area is 187 Å². The number of carbonyl (C=O) groups is 2. The van der Waals surface area contributed by atoms with E-state index in [0.717, 1.165) is 16.0 Å². The SMILES string of the molecule is CC1(C)C(=O)N2c3ccccc3[C@](O)(C[C@H](C(=O)O)n3cnc4ccccc4c3=O)[C@H]2N1O. The molecular weight excluding hydrogens is 428 g/mol. The normalized spacial score (nSPS) is 24.7. The van der Waals surface area contributed by atoms with Crippen LogP contribution in [0.1, 0.15) is 31.9 Å². The first-order valence-electron chi connectivity index (χ1n) is 10.4. The average molecular weight is 450 g/mol. The first-order chi connectivity index (χ1) is 15.6. The molecule has 0 radical (unpaired) electrons. The number of amides is 1. The maximum absolute atomic E-state index is 13.1. The lowest BCUT2D eigenvalue weighted by Crippen LogP contribution is -2.53. The lowest BCUT2D eigenvalue weighted by atomic mass is 9.85. The van der Waals surface area contributed by atoms with E-state index in [1.54, 1.807) is 48.5 Å². The van der Waals surface area contributed by atoms with Crippen molar-refractivity contribution in [3.8, 4) is 0 Å². The summed E-state index contributed by atoms with van der Waals surface area (Å²) in [5.74, 6) is -1.79. The quantitative estimate of drug-likeness (QED) is 0.544. The van der Waals surface area contributed by atoms with Gasteiger partial charge in [0.2, 0.25) is 0 Å². The molecule has 3 aromatic rings. The van der Waals surface area contributed by atoms with Gasteiger partial charge < -0.3 is 15.4 Å². The third-order valence-corrected chi connectivity index (χ3v) is 6.66. The minimum atomic E-state index is -1.98. The van der Waals surface area contributed by atoms with Crippen LogP contribution in [0.3, 0.4) is 0 Å². The molecule has 2 aromatic carbocycles. The first-order valence-corrected chi connectivity index (χ1v) is 10.4. The molecule has 0 bridgehead atoms. The minimum absolute atomic E-state index is 0.243. The number of aliphatic carboxylic acids is 1. The van der Waals surface area contributed by atoms with E-state index in [4.69, 9.17) is 0 Å². The molecule has 3 atom stereocenters. The molecule has 170 valence electrons. The van der Waals surface area contributed by atoms with Crippen molar-refractivity contribution in [2.24, 2.45) is 0 Å². The molecule has 1 fully saturated rings. The van der Waals surface area contributed by atoms with Gasteiger partial charge in [0.1, 0.15) is 23.3 Å². The highest BCUT2D eigenvalue weighted by atomic mass is 16.5. The van der Waals surface area contributed by atoms with Gasteiger partial charge in [0.05, 0.1) is 22.9 Å². The van der Waals surface area contributed by atoms with Gasteiger partial charge in [-0.05, 0) is 32.0 Å². The molecule has 3 heterocycles. The Bertz CT molecular complexity index is 1370. The third-order valence-electron chi connectivity index (χ3n) is 6.66. The summed E-state index contributed by atoms with van der Waals surface area (Å²) in [6.45, 7) is 3.03. The zero-order chi connectivity index (χ0) is 23.7. The highest BCUT2D eigenvalue weighted by Crippen LogP contribution is 2.53. The van der Waals surface area contributed by atoms with Crippen LogP contribution in [0.15, 0.2) is 59.7 Å². The molecule has 2 aliphatic rings. The maximum Gasteiger partial charge on any atom is 0.326 e. The molecule has 10 nitrogen and oxygen atoms in total. The first kappa shape index (κ1) is 21.3. The Morgan fingerprint density at radius 1 is 1.12 bits per heavy atom. The van der Waals surface area contributed by atoms with Gasteiger partial charge in [-0.1, -0.05) is 30.3 Å². The van der Waals surface area contributed by atoms with E-state index in [-0.39, 0.29) is 5.39 Å². The van der Waals surface area contributed by atoms with Crippen molar-refractivity contribution < 1.29 is 25.0 Å². The Hall–Kier alpha value is -3.60. The monoisotopic (exact) mass is 450 g/mol. The zero-order valence-electron chi connectivity index (χ0n) is 17.9. The van der Waals surface area contributed by atoms with Crippen LogP contribution in [0, 0.1) is 0 Å². The number of aromatic nitrogens is 2. The summed E-state index contributed by atoms with van der Waals surface area (Å²) in [5, 5.41) is 33.9. The van der Waals surface area contributed by atoms with E-state index < -0.39 is 47.2 Å². The molecule has 0 spiro atoms. The van der Waals surface area contributed by atoms with Crippen LogP contribution in [-0.4, -0.2) is 53.6 Å². The number of hydrogen-bond donors (Lipinski definition) is 3. The molecule has 0 aliphatic carbocycles. The predicted octanol–water partition coefficient (Wildman–Crippen LogP) is 1.46. The molecule has 1 amide bonds. The lowest BCUT2D eigenvalue weighted by Gasteiger charge is -2.37. The molecule has 3 N–H and O–H groups in total. The molecule has 0 unspecified atom stereocenters. The van der Waals surface area contributed by atoms with Crippen molar-refractivity contribution in [3.05, 3.63) is 70.8 Å². The van der Waals surface area contributed by atoms with Gasteiger partial charge in [-0.15, -0.1) is 0 Å². The van der Waals surface area contributed by atoms with Gasteiger partial charge in [0.25, 0.3) is 11.5 Å². The van der Waals surface area contributed by atoms with E-state index >= 15 is 0 Å². The second kappa shape index (κ2) is 6.95. The van der Waals surface area contributed by atoms with E-state index in [1.807, 2.05) is 0 Å². The molecule has 1 saturated heterocycles. The van der Waals surface area contributed by atoms with E-state index in [2.05, 4.69) is 4.98 Å². The number of para-hydroxylation sites is 2. The fraction of sp³-hybridized carbons (Fsp3) is 0.304. The highest BCUT2D eigenvalue weighted by molar-refractivity contribution is 6.04. The highest BCUT2D eigenvalue weighted by Gasteiger charge is 2.65. The van der Waals surface area contributed by atoms with Gasteiger partial charge >= 0.3 is 5.97 Å². The number of fused-ring (bicyclic) bond motifs is 4. The van der Waals surface area contributed by atoms with Crippen LogP contribution in [0.4, 0.5) is 5.69 Å². The number of rotatable bonds is 4. The largest absolute Gasteiger partial charge is 0.480 e. The fourth-order valence-corrected chi connectivity index (χ4v) is 4.88. The third kappa shape index (κ3) is 2.78. The summed E-state index contributed by atoms with van der Waals surface area (Å²) >= 11 is 0. The number of hydroxylamine groups is 2. The average Bonchev–Trinajstić information content (AvgIpc) is 3.15. The summed E-state index contributed by atoms with van der Waals surface area (Å²) in [6.07, 6.45) is -0.601. The second-order valence-corrected chi connectivity index (χ2v) is 8.93. The van der Waals surface area contributed by atoms with Crippen LogP contribution < -0.4 is 10.5 Å². The number of anilines is 1. The van der Waals surface area contributed by atoms with E-state index in [0.29, 0.717) is 16.8 Å². The molecule has 1 aromatic heterocycles. The van der Waals surface area contributed by atoms with Crippen molar-refractivity contribution in [2.45, 2.75) is 43.6 Å². The van der Waals surface area contributed by atoms with E-state index in [1.165, 1.54) is 18.7 Å². The number of carboxylic acid groups (broad SMARTS) is 1. The number of carbonyl (C=O) groups excluding carboxylic acids is 1. The Morgan fingerprint density at radius 3 is 2.52 bits per heavy atom. The van der Waals surface area contributed by atoms with Crippen LogP contribution in [-0.2, 0) is 15.2 Å². The van der Waals surface area contributed by atoms with Crippen molar-refractivity contribution in [1.29, 1.82) is 0 Å². The fourth-order valence-electron chi connectivity index (χ4n) is 4.88. The number of carboxylic acids is 1. The second-order valence-electron chi connectivity index (χ2n) is 8.93. The lowest BCUT2D eigenvalue weighted by molar-refractivity contribution is -0.210. The summed E-state index contributed by atoms with van der Waals surface area (Å²) < 4.78 is 0.970. The van der Waals surface area contributed by atoms with Gasteiger partial charge in [-0.2, -0.15) is 5.06 Å². The zero-order valence-corrected chi connectivity index (χ0v) is 17.9. The molecule has 10 heteroatoms. The van der Waals surface area contributed by atoms with Crippen molar-refractivity contribution in [3.63, 3.8) is 0 Å². The maximum atomic E-state index is 13.1. The molecule has 33 heavy (non-hydrogen) atoms. The molecular formula is C23H22N4O6. The van der Waals surface area contributed by atoms with Crippen molar-refractivity contribution in [2.75, 3.05) is 4.90 Å². The summed E-state index contributed by atoms with van der Waals surface area (Å²) in [5.41, 5.74) is -2.79. The number of aliphatic hydroxyl groups is 1. The Morgan fingerprint density at radius 2 is 1.79 bits per heavy atom. The summed E-state index contributed by atoms with van der Waals surface area (Å²) in [6, 6.07) is 11.6. The summed E-state index contributed by atoms with van der Waals surface area (Å²) in [4.78, 5) is 44.0. The Balaban J connectivity index is 1.66. The number of benzene rings is 2. The van der Waals surface area contributed by atoms with Crippen LogP contribution in [0.2, 0.25) is 0 Å². The predicted molar refractivity (Wildman–Crippen MR) is 117 cm³/mol. The smallest absolute Gasteiger partial charge is 0.326 e. The molecule has 2 aliphatic heterocycles. The van der Waals surface area contributed by atoms with Gasteiger partial charge in [-0.25, -0.2) is 9.78 Å².